The maximum atomic E-state index is 13.4. The summed E-state index contributed by atoms with van der Waals surface area (Å²) in [6, 6.07) is 7.13. The summed E-state index contributed by atoms with van der Waals surface area (Å²) in [5.41, 5.74) is 7.35. The first-order chi connectivity index (χ1) is 9.06. The van der Waals surface area contributed by atoms with Crippen LogP contribution in [0.15, 0.2) is 34.1 Å². The largest absolute Gasteiger partial charge is 0.326 e. The molecule has 0 bridgehead atoms. The summed E-state index contributed by atoms with van der Waals surface area (Å²) in [6.45, 7) is 1.93. The zero-order chi connectivity index (χ0) is 13.8. The molecule has 0 aliphatic carbocycles. The van der Waals surface area contributed by atoms with Crippen molar-refractivity contribution in [3.8, 4) is 0 Å². The van der Waals surface area contributed by atoms with Gasteiger partial charge in [-0.05, 0) is 52.3 Å². The smallest absolute Gasteiger partial charge is 0.123 e. The van der Waals surface area contributed by atoms with Crippen molar-refractivity contribution >= 4 is 27.3 Å². The molecule has 5 heteroatoms. The number of nitrogens with zero attached hydrogens (tertiary/aromatic N) is 1. The summed E-state index contributed by atoms with van der Waals surface area (Å²) in [4.78, 5) is 3.44. The molecule has 2 N–H and O–H groups in total. The maximum Gasteiger partial charge on any atom is 0.123 e. The molecule has 0 saturated carbocycles. The van der Waals surface area contributed by atoms with Crippen LogP contribution >= 0.6 is 27.3 Å². The number of rotatable bonds is 5. The fraction of sp³-hybridized carbons (Fsp3) is 0.286. The Hall–Kier alpha value is -0.750. The van der Waals surface area contributed by atoms with E-state index in [1.807, 2.05) is 13.1 Å². The Morgan fingerprint density at radius 3 is 2.58 bits per heavy atom. The summed E-state index contributed by atoms with van der Waals surface area (Å²) < 4.78 is 14.5. The summed E-state index contributed by atoms with van der Waals surface area (Å²) in [6.07, 6.45) is 0. The molecule has 1 aromatic heterocycles. The lowest BCUT2D eigenvalue weighted by Gasteiger charge is -2.16. The second-order valence-corrected chi connectivity index (χ2v) is 6.49. The second kappa shape index (κ2) is 6.61. The lowest BCUT2D eigenvalue weighted by molar-refractivity contribution is 0.321. The Kier molecular flexibility index (Phi) is 5.10. The fourth-order valence-corrected chi connectivity index (χ4v) is 3.53. The van der Waals surface area contributed by atoms with Crippen molar-refractivity contribution in [2.45, 2.75) is 19.6 Å². The van der Waals surface area contributed by atoms with E-state index in [0.29, 0.717) is 13.1 Å². The Morgan fingerprint density at radius 2 is 1.95 bits per heavy atom. The van der Waals surface area contributed by atoms with Gasteiger partial charge in [0.2, 0.25) is 0 Å². The van der Waals surface area contributed by atoms with Crippen LogP contribution < -0.4 is 5.73 Å². The van der Waals surface area contributed by atoms with Crippen LogP contribution in [0.3, 0.4) is 0 Å². The van der Waals surface area contributed by atoms with E-state index in [1.54, 1.807) is 17.4 Å². The zero-order valence-corrected chi connectivity index (χ0v) is 13.1. The first-order valence-electron chi connectivity index (χ1n) is 5.96. The standard InChI is InChI=1S/C14H16BrFN2S/c1-18(8-14-5-12(15)9-19-14)7-11-2-10(6-17)3-13(16)4-11/h2-5,9H,6-8,17H2,1H3. The minimum atomic E-state index is -0.217. The number of thiophene rings is 1. The summed E-state index contributed by atoms with van der Waals surface area (Å²) in [5, 5.41) is 2.07. The predicted molar refractivity (Wildman–Crippen MR) is 81.5 cm³/mol. The molecule has 0 fully saturated rings. The molecular formula is C14H16BrFN2S. The third-order valence-corrected chi connectivity index (χ3v) is 4.44. The quantitative estimate of drug-likeness (QED) is 0.896. The van der Waals surface area contributed by atoms with Gasteiger partial charge in [0.05, 0.1) is 0 Å². The lowest BCUT2D eigenvalue weighted by atomic mass is 10.1. The van der Waals surface area contributed by atoms with Crippen molar-refractivity contribution in [1.82, 2.24) is 4.90 Å². The number of hydrogen-bond acceptors (Lipinski definition) is 3. The van der Waals surface area contributed by atoms with Crippen molar-refractivity contribution in [2.75, 3.05) is 7.05 Å². The van der Waals surface area contributed by atoms with Gasteiger partial charge in [-0.25, -0.2) is 4.39 Å². The van der Waals surface area contributed by atoms with E-state index >= 15 is 0 Å². The van der Waals surface area contributed by atoms with E-state index in [9.17, 15) is 4.39 Å². The van der Waals surface area contributed by atoms with Crippen LogP contribution in [0.1, 0.15) is 16.0 Å². The number of hydrogen-bond donors (Lipinski definition) is 1. The first-order valence-corrected chi connectivity index (χ1v) is 7.64. The number of nitrogens with two attached hydrogens (primary N) is 1. The molecule has 2 rings (SSSR count). The SMILES string of the molecule is CN(Cc1cc(F)cc(CN)c1)Cc1cc(Br)cs1. The van der Waals surface area contributed by atoms with Gasteiger partial charge in [-0.1, -0.05) is 6.07 Å². The fourth-order valence-electron chi connectivity index (χ4n) is 2.00. The molecule has 0 aliphatic rings. The summed E-state index contributed by atoms with van der Waals surface area (Å²) >= 11 is 5.16. The monoisotopic (exact) mass is 342 g/mol. The highest BCUT2D eigenvalue weighted by Crippen LogP contribution is 2.21. The van der Waals surface area contributed by atoms with Gasteiger partial charge in [0, 0.05) is 34.4 Å². The van der Waals surface area contributed by atoms with Crippen LogP contribution in [-0.4, -0.2) is 11.9 Å². The first kappa shape index (κ1) is 14.7. The molecule has 0 atom stereocenters. The lowest BCUT2D eigenvalue weighted by Crippen LogP contribution is -2.17. The normalized spacial score (nSPS) is 11.2. The van der Waals surface area contributed by atoms with Gasteiger partial charge in [-0.2, -0.15) is 0 Å². The summed E-state index contributed by atoms with van der Waals surface area (Å²) in [7, 11) is 2.03. The van der Waals surface area contributed by atoms with Gasteiger partial charge in [-0.15, -0.1) is 11.3 Å². The molecule has 2 aromatic rings. The van der Waals surface area contributed by atoms with Crippen LogP contribution in [0, 0.1) is 5.82 Å². The van der Waals surface area contributed by atoms with Gasteiger partial charge < -0.3 is 5.73 Å². The van der Waals surface area contributed by atoms with Crippen LogP contribution in [0.25, 0.3) is 0 Å². The predicted octanol–water partition coefficient (Wildman–Crippen LogP) is 3.74. The van der Waals surface area contributed by atoms with E-state index in [0.717, 1.165) is 22.1 Å². The van der Waals surface area contributed by atoms with Crippen molar-refractivity contribution in [2.24, 2.45) is 5.73 Å². The van der Waals surface area contributed by atoms with E-state index in [2.05, 4.69) is 32.3 Å². The average Bonchev–Trinajstić information content (AvgIpc) is 2.73. The highest BCUT2D eigenvalue weighted by molar-refractivity contribution is 9.10. The maximum absolute atomic E-state index is 13.4. The Balaban J connectivity index is 2.02. The van der Waals surface area contributed by atoms with Gasteiger partial charge in [0.25, 0.3) is 0 Å². The molecule has 1 heterocycles. The van der Waals surface area contributed by atoms with Gasteiger partial charge in [0.1, 0.15) is 5.82 Å². The van der Waals surface area contributed by atoms with Crippen LogP contribution in [0.2, 0.25) is 0 Å². The molecule has 0 unspecified atom stereocenters. The van der Waals surface area contributed by atoms with Crippen molar-refractivity contribution in [3.05, 3.63) is 55.9 Å². The van der Waals surface area contributed by atoms with Gasteiger partial charge in [-0.3, -0.25) is 4.90 Å². The molecule has 1 aromatic carbocycles. The van der Waals surface area contributed by atoms with E-state index in [1.165, 1.54) is 10.9 Å². The van der Waals surface area contributed by atoms with Crippen LogP contribution in [-0.2, 0) is 19.6 Å². The molecule has 2 nitrogen and oxygen atoms in total. The molecule has 0 radical (unpaired) electrons. The zero-order valence-electron chi connectivity index (χ0n) is 10.7. The number of benzene rings is 1. The topological polar surface area (TPSA) is 29.3 Å². The Bertz CT molecular complexity index is 556. The second-order valence-electron chi connectivity index (χ2n) is 4.58. The molecule has 102 valence electrons. The van der Waals surface area contributed by atoms with Crippen LogP contribution in [0.5, 0.6) is 0 Å². The van der Waals surface area contributed by atoms with E-state index in [4.69, 9.17) is 5.73 Å². The Morgan fingerprint density at radius 1 is 1.21 bits per heavy atom. The van der Waals surface area contributed by atoms with E-state index in [-0.39, 0.29) is 5.82 Å². The molecule has 0 spiro atoms. The van der Waals surface area contributed by atoms with Gasteiger partial charge >= 0.3 is 0 Å². The van der Waals surface area contributed by atoms with Gasteiger partial charge in [0.15, 0.2) is 0 Å². The third kappa shape index (κ3) is 4.38. The van der Waals surface area contributed by atoms with E-state index < -0.39 is 0 Å². The molecular weight excluding hydrogens is 327 g/mol. The molecule has 0 saturated heterocycles. The minimum absolute atomic E-state index is 0.217. The third-order valence-electron chi connectivity index (χ3n) is 2.75. The van der Waals surface area contributed by atoms with Crippen molar-refractivity contribution < 1.29 is 4.39 Å². The summed E-state index contributed by atoms with van der Waals surface area (Å²) in [5.74, 6) is -0.217. The average molecular weight is 343 g/mol. The molecule has 0 aliphatic heterocycles. The number of halogens is 2. The molecule has 0 amide bonds. The van der Waals surface area contributed by atoms with Crippen LogP contribution in [0.4, 0.5) is 4.39 Å². The minimum Gasteiger partial charge on any atom is -0.326 e. The highest BCUT2D eigenvalue weighted by atomic mass is 79.9. The Labute approximate surface area is 125 Å². The highest BCUT2D eigenvalue weighted by Gasteiger charge is 2.06. The molecule has 19 heavy (non-hydrogen) atoms. The van der Waals surface area contributed by atoms with Crippen molar-refractivity contribution in [3.63, 3.8) is 0 Å². The van der Waals surface area contributed by atoms with Crippen molar-refractivity contribution in [1.29, 1.82) is 0 Å².